The molecule has 140 valence electrons. The number of fused-ring (bicyclic) bond motifs is 1. The van der Waals surface area contributed by atoms with E-state index in [9.17, 15) is 4.79 Å². The van der Waals surface area contributed by atoms with E-state index in [4.69, 9.17) is 13.9 Å². The van der Waals surface area contributed by atoms with E-state index in [2.05, 4.69) is 15.5 Å². The number of rotatable bonds is 6. The fourth-order valence-electron chi connectivity index (χ4n) is 2.72. The molecule has 3 heterocycles. The Balaban J connectivity index is 1.43. The summed E-state index contributed by atoms with van der Waals surface area (Å²) < 4.78 is 18.0. The van der Waals surface area contributed by atoms with Gasteiger partial charge >= 0.3 is 0 Å². The van der Waals surface area contributed by atoms with Gasteiger partial charge in [-0.1, -0.05) is 11.8 Å². The number of carbonyl (C=O) groups excluding carboxylic acids is 1. The molecule has 1 N–H and O–H groups in total. The molecule has 1 aliphatic heterocycles. The summed E-state index contributed by atoms with van der Waals surface area (Å²) in [4.78, 5) is 12.3. The third kappa shape index (κ3) is 3.63. The number of thioether (sulfide) groups is 1. The number of carbonyl (C=O) groups is 1. The van der Waals surface area contributed by atoms with Gasteiger partial charge in [0, 0.05) is 17.8 Å². The number of amides is 1. The third-order valence-electron chi connectivity index (χ3n) is 3.91. The maximum atomic E-state index is 12.3. The summed E-state index contributed by atoms with van der Waals surface area (Å²) in [6.45, 7) is 4.27. The van der Waals surface area contributed by atoms with E-state index >= 15 is 0 Å². The molecule has 0 spiro atoms. The standard InChI is InChI=1S/C18H18N4O4S/c1-11(2)22-17(14-4-3-7-24-14)20-21-18(22)27-9-16(23)19-12-5-6-13-15(8-12)26-10-25-13/h3-8,11H,9-10H2,1-2H3,(H,19,23). The van der Waals surface area contributed by atoms with Crippen LogP contribution in [0.2, 0.25) is 0 Å². The van der Waals surface area contributed by atoms with E-state index in [0.29, 0.717) is 33.9 Å². The topological polar surface area (TPSA) is 91.4 Å². The number of nitrogens with zero attached hydrogens (tertiary/aromatic N) is 3. The van der Waals surface area contributed by atoms with Crippen molar-refractivity contribution in [1.82, 2.24) is 14.8 Å². The Bertz CT molecular complexity index is 952. The molecule has 9 heteroatoms. The summed E-state index contributed by atoms with van der Waals surface area (Å²) in [5.41, 5.74) is 0.659. The summed E-state index contributed by atoms with van der Waals surface area (Å²) in [5.74, 6) is 2.66. The average molecular weight is 386 g/mol. The van der Waals surface area contributed by atoms with Crippen molar-refractivity contribution in [2.45, 2.75) is 25.0 Å². The molecule has 3 aromatic rings. The molecule has 4 rings (SSSR count). The SMILES string of the molecule is CC(C)n1c(SCC(=O)Nc2ccc3c(c2)OCO3)nnc1-c1ccco1. The molecule has 0 atom stereocenters. The quantitative estimate of drug-likeness (QED) is 0.648. The van der Waals surface area contributed by atoms with Gasteiger partial charge in [-0.15, -0.1) is 10.2 Å². The molecule has 0 fully saturated rings. The highest BCUT2D eigenvalue weighted by Crippen LogP contribution is 2.34. The Morgan fingerprint density at radius 3 is 2.89 bits per heavy atom. The van der Waals surface area contributed by atoms with Crippen molar-refractivity contribution < 1.29 is 18.7 Å². The van der Waals surface area contributed by atoms with Gasteiger partial charge in [0.25, 0.3) is 0 Å². The van der Waals surface area contributed by atoms with Crippen LogP contribution in [0, 0.1) is 0 Å². The van der Waals surface area contributed by atoms with Crippen molar-refractivity contribution in [2.24, 2.45) is 0 Å². The summed E-state index contributed by atoms with van der Waals surface area (Å²) in [7, 11) is 0. The molecule has 1 aromatic carbocycles. The second-order valence-electron chi connectivity index (χ2n) is 6.15. The van der Waals surface area contributed by atoms with Gasteiger partial charge in [0.1, 0.15) is 0 Å². The van der Waals surface area contributed by atoms with Crippen molar-refractivity contribution in [3.63, 3.8) is 0 Å². The van der Waals surface area contributed by atoms with Gasteiger partial charge in [0.2, 0.25) is 18.5 Å². The van der Waals surface area contributed by atoms with E-state index in [1.807, 2.05) is 24.5 Å². The monoisotopic (exact) mass is 386 g/mol. The molecule has 1 aliphatic rings. The molecular weight excluding hydrogens is 368 g/mol. The minimum absolute atomic E-state index is 0.125. The summed E-state index contributed by atoms with van der Waals surface area (Å²) in [5, 5.41) is 12.0. The molecular formula is C18H18N4O4S. The molecule has 8 nitrogen and oxygen atoms in total. The third-order valence-corrected chi connectivity index (χ3v) is 4.85. The zero-order valence-corrected chi connectivity index (χ0v) is 15.7. The van der Waals surface area contributed by atoms with Crippen LogP contribution in [0.5, 0.6) is 11.5 Å². The number of hydrogen-bond donors (Lipinski definition) is 1. The van der Waals surface area contributed by atoms with Gasteiger partial charge in [0.15, 0.2) is 22.4 Å². The van der Waals surface area contributed by atoms with Gasteiger partial charge in [-0.05, 0) is 38.1 Å². The summed E-state index contributed by atoms with van der Waals surface area (Å²) in [6.07, 6.45) is 1.60. The molecule has 0 aliphatic carbocycles. The first-order valence-corrected chi connectivity index (χ1v) is 9.41. The smallest absolute Gasteiger partial charge is 0.234 e. The molecule has 0 radical (unpaired) electrons. The number of ether oxygens (including phenoxy) is 2. The van der Waals surface area contributed by atoms with Crippen molar-refractivity contribution in [1.29, 1.82) is 0 Å². The lowest BCUT2D eigenvalue weighted by molar-refractivity contribution is -0.113. The summed E-state index contributed by atoms with van der Waals surface area (Å²) >= 11 is 1.33. The number of benzene rings is 1. The number of anilines is 1. The van der Waals surface area contributed by atoms with Gasteiger partial charge in [-0.2, -0.15) is 0 Å². The molecule has 27 heavy (non-hydrogen) atoms. The first-order valence-electron chi connectivity index (χ1n) is 8.43. The molecule has 1 amide bonds. The van der Waals surface area contributed by atoms with Crippen LogP contribution in [0.25, 0.3) is 11.6 Å². The number of nitrogens with one attached hydrogen (secondary N) is 1. The molecule has 0 unspecified atom stereocenters. The van der Waals surface area contributed by atoms with Gasteiger partial charge in [-0.25, -0.2) is 0 Å². The Morgan fingerprint density at radius 2 is 2.11 bits per heavy atom. The Morgan fingerprint density at radius 1 is 1.26 bits per heavy atom. The van der Waals surface area contributed by atoms with E-state index in [0.717, 1.165) is 0 Å². The highest BCUT2D eigenvalue weighted by atomic mass is 32.2. The summed E-state index contributed by atoms with van der Waals surface area (Å²) in [6, 6.07) is 9.07. The molecule has 0 saturated carbocycles. The minimum atomic E-state index is -0.142. The lowest BCUT2D eigenvalue weighted by Gasteiger charge is -2.12. The number of furan rings is 1. The van der Waals surface area contributed by atoms with E-state index in [-0.39, 0.29) is 24.5 Å². The van der Waals surface area contributed by atoms with Crippen LogP contribution in [0.4, 0.5) is 5.69 Å². The number of hydrogen-bond acceptors (Lipinski definition) is 7. The number of aromatic nitrogens is 3. The van der Waals surface area contributed by atoms with Crippen molar-refractivity contribution >= 4 is 23.4 Å². The van der Waals surface area contributed by atoms with E-state index < -0.39 is 0 Å². The lowest BCUT2D eigenvalue weighted by atomic mass is 10.3. The first kappa shape index (κ1) is 17.5. The zero-order chi connectivity index (χ0) is 18.8. The molecule has 0 saturated heterocycles. The highest BCUT2D eigenvalue weighted by molar-refractivity contribution is 7.99. The lowest BCUT2D eigenvalue weighted by Crippen LogP contribution is -2.15. The largest absolute Gasteiger partial charge is 0.461 e. The first-order chi connectivity index (χ1) is 13.1. The van der Waals surface area contributed by atoms with Crippen LogP contribution in [0.1, 0.15) is 19.9 Å². The Labute approximate surface area is 159 Å². The van der Waals surface area contributed by atoms with Gasteiger partial charge in [-0.3, -0.25) is 9.36 Å². The van der Waals surface area contributed by atoms with E-state index in [1.54, 1.807) is 30.5 Å². The predicted octanol–water partition coefficient (Wildman–Crippen LogP) is 3.58. The van der Waals surface area contributed by atoms with Crippen LogP contribution in [0.15, 0.2) is 46.2 Å². The Hall–Kier alpha value is -2.94. The van der Waals surface area contributed by atoms with Crippen LogP contribution in [0.3, 0.4) is 0 Å². The zero-order valence-electron chi connectivity index (χ0n) is 14.8. The average Bonchev–Trinajstić information content (AvgIpc) is 3.38. The molecule has 0 bridgehead atoms. The predicted molar refractivity (Wildman–Crippen MR) is 100 cm³/mol. The second-order valence-corrected chi connectivity index (χ2v) is 7.09. The minimum Gasteiger partial charge on any atom is -0.461 e. The molecule has 2 aromatic heterocycles. The normalized spacial score (nSPS) is 12.6. The van der Waals surface area contributed by atoms with Crippen LogP contribution in [-0.4, -0.2) is 33.2 Å². The van der Waals surface area contributed by atoms with Crippen LogP contribution >= 0.6 is 11.8 Å². The van der Waals surface area contributed by atoms with Crippen molar-refractivity contribution in [3.05, 3.63) is 36.6 Å². The Kier molecular flexibility index (Phi) is 4.76. The fraction of sp³-hybridized carbons (Fsp3) is 0.278. The van der Waals surface area contributed by atoms with Crippen molar-refractivity contribution in [3.8, 4) is 23.1 Å². The maximum Gasteiger partial charge on any atom is 0.234 e. The van der Waals surface area contributed by atoms with E-state index in [1.165, 1.54) is 11.8 Å². The fourth-order valence-corrected chi connectivity index (χ4v) is 3.58. The maximum absolute atomic E-state index is 12.3. The van der Waals surface area contributed by atoms with Gasteiger partial charge < -0.3 is 19.2 Å². The second kappa shape index (κ2) is 7.36. The van der Waals surface area contributed by atoms with Crippen molar-refractivity contribution in [2.75, 3.05) is 17.9 Å². The van der Waals surface area contributed by atoms with Crippen LogP contribution < -0.4 is 14.8 Å². The highest BCUT2D eigenvalue weighted by Gasteiger charge is 2.20. The van der Waals surface area contributed by atoms with Crippen LogP contribution in [-0.2, 0) is 4.79 Å². The van der Waals surface area contributed by atoms with Gasteiger partial charge in [0.05, 0.1) is 12.0 Å².